The van der Waals surface area contributed by atoms with Gasteiger partial charge in [-0.05, 0) is 81.8 Å². The van der Waals surface area contributed by atoms with Gasteiger partial charge in [0.2, 0.25) is 0 Å². The first-order valence-corrected chi connectivity index (χ1v) is 24.6. The molecule has 2 aromatic heterocycles. The highest BCUT2D eigenvalue weighted by Crippen LogP contribution is 2.58. The van der Waals surface area contributed by atoms with Crippen molar-refractivity contribution in [3.8, 4) is 67.9 Å². The molecule has 342 valence electrons. The number of aromatic nitrogens is 3. The molecule has 0 bridgehead atoms. The Labute approximate surface area is 418 Å². The van der Waals surface area contributed by atoms with E-state index in [0.717, 1.165) is 89.1 Å². The maximum absolute atomic E-state index is 7.27. The van der Waals surface area contributed by atoms with Gasteiger partial charge in [0, 0.05) is 44.5 Å². The first kappa shape index (κ1) is 42.9. The van der Waals surface area contributed by atoms with Gasteiger partial charge in [-0.3, -0.25) is 0 Å². The van der Waals surface area contributed by atoms with Gasteiger partial charge in [-0.1, -0.05) is 219 Å². The lowest BCUT2D eigenvalue weighted by atomic mass is 9.60. The van der Waals surface area contributed by atoms with Gasteiger partial charge in [-0.2, -0.15) is 0 Å². The van der Waals surface area contributed by atoms with Crippen LogP contribution in [0.25, 0.3) is 78.4 Å². The summed E-state index contributed by atoms with van der Waals surface area (Å²) in [5.74, 6) is 3.26. The molecule has 0 N–H and O–H groups in total. The molecule has 0 radical (unpaired) electrons. The van der Waals surface area contributed by atoms with E-state index in [4.69, 9.17) is 24.1 Å². The Morgan fingerprint density at radius 2 is 0.833 bits per heavy atom. The average Bonchev–Trinajstić information content (AvgIpc) is 3.85. The van der Waals surface area contributed by atoms with E-state index in [1.165, 1.54) is 22.3 Å². The van der Waals surface area contributed by atoms with Gasteiger partial charge in [0.25, 0.3) is 0 Å². The molecular weight excluding hydrogens is 879 g/mol. The molecule has 10 aromatic carbocycles. The summed E-state index contributed by atoms with van der Waals surface area (Å²) in [7, 11) is 0. The van der Waals surface area contributed by atoms with E-state index < -0.39 is 5.41 Å². The number of furan rings is 1. The van der Waals surface area contributed by atoms with Crippen LogP contribution in [0.4, 0.5) is 0 Å². The van der Waals surface area contributed by atoms with Crippen molar-refractivity contribution in [2.24, 2.45) is 0 Å². The minimum Gasteiger partial charge on any atom is -0.457 e. The molecule has 0 spiro atoms. The Morgan fingerprint density at radius 3 is 1.42 bits per heavy atom. The van der Waals surface area contributed by atoms with Crippen molar-refractivity contribution >= 4 is 21.9 Å². The number of nitrogens with zero attached hydrogens (tertiary/aromatic N) is 3. The normalized spacial score (nSPS) is 13.0. The van der Waals surface area contributed by atoms with Crippen LogP contribution in [-0.4, -0.2) is 15.0 Å². The van der Waals surface area contributed by atoms with Crippen LogP contribution in [0.3, 0.4) is 0 Å². The van der Waals surface area contributed by atoms with E-state index in [1.54, 1.807) is 0 Å². The van der Waals surface area contributed by atoms with Crippen molar-refractivity contribution in [2.75, 3.05) is 0 Å². The second-order valence-corrected chi connectivity index (χ2v) is 18.7. The van der Waals surface area contributed by atoms with E-state index in [0.29, 0.717) is 17.5 Å². The van der Waals surface area contributed by atoms with Gasteiger partial charge in [0.15, 0.2) is 17.5 Å². The van der Waals surface area contributed by atoms with Crippen LogP contribution in [0.5, 0.6) is 11.5 Å². The number of rotatable bonds is 9. The molecule has 1 unspecified atom stereocenters. The zero-order valence-corrected chi connectivity index (χ0v) is 39.8. The summed E-state index contributed by atoms with van der Waals surface area (Å²) in [5, 5.41) is 2.03. The fraction of sp³-hybridized carbons (Fsp3) is 0.0597. The topological polar surface area (TPSA) is 61.0 Å². The average molecular weight is 926 g/mol. The highest BCUT2D eigenvalue weighted by atomic mass is 16.5. The highest BCUT2D eigenvalue weighted by Gasteiger charge is 2.48. The number of aryl methyl sites for hydroxylation is 1. The van der Waals surface area contributed by atoms with Crippen molar-refractivity contribution in [3.63, 3.8) is 0 Å². The number of benzene rings is 10. The number of hydrogen-bond acceptors (Lipinski definition) is 5. The summed E-state index contributed by atoms with van der Waals surface area (Å²) in [4.78, 5) is 15.3. The summed E-state index contributed by atoms with van der Waals surface area (Å²) in [5.41, 5.74) is 15.9. The molecule has 13 rings (SSSR count). The maximum atomic E-state index is 7.27. The van der Waals surface area contributed by atoms with E-state index >= 15 is 0 Å². The summed E-state index contributed by atoms with van der Waals surface area (Å²) in [6, 6.07) is 85.7. The van der Waals surface area contributed by atoms with E-state index in [2.05, 4.69) is 196 Å². The van der Waals surface area contributed by atoms with E-state index in [-0.39, 0.29) is 5.92 Å². The Morgan fingerprint density at radius 1 is 0.361 bits per heavy atom. The SMILES string of the molecule is Cc1ccc(-c2ccccc2)cc1C1(c2cc(-c3ccccc3)ccc2C(C)c2cccc3c2oc2c(-c4nc(-c5ccccc5)nc(-c5ccccc5)n4)cccc23)c2ccccc2Oc2ccccc21. The monoisotopic (exact) mass is 925 g/mol. The minimum atomic E-state index is -0.824. The Bertz CT molecular complexity index is 3880. The summed E-state index contributed by atoms with van der Waals surface area (Å²) in [6.07, 6.45) is 0. The quantitative estimate of drug-likeness (QED) is 0.144. The zero-order chi connectivity index (χ0) is 48.2. The number of fused-ring (bicyclic) bond motifs is 5. The fourth-order valence-corrected chi connectivity index (χ4v) is 11.1. The van der Waals surface area contributed by atoms with Crippen LogP contribution in [0, 0.1) is 6.92 Å². The predicted molar refractivity (Wildman–Crippen MR) is 291 cm³/mol. The van der Waals surface area contributed by atoms with Crippen LogP contribution in [0.1, 0.15) is 51.8 Å². The van der Waals surface area contributed by atoms with Gasteiger partial charge in [0.1, 0.15) is 22.7 Å². The fourth-order valence-electron chi connectivity index (χ4n) is 11.1. The van der Waals surface area contributed by atoms with Crippen molar-refractivity contribution < 1.29 is 9.15 Å². The number of para-hydroxylation sites is 4. The lowest BCUT2D eigenvalue weighted by Gasteiger charge is -2.44. The van der Waals surface area contributed by atoms with Crippen molar-refractivity contribution in [1.29, 1.82) is 0 Å². The van der Waals surface area contributed by atoms with Crippen molar-refractivity contribution in [2.45, 2.75) is 25.2 Å². The number of hydrogen-bond donors (Lipinski definition) is 0. The molecule has 0 fully saturated rings. The molecule has 5 heteroatoms. The van der Waals surface area contributed by atoms with Crippen LogP contribution in [0.15, 0.2) is 247 Å². The Hall–Kier alpha value is -9.19. The molecule has 0 saturated heterocycles. The van der Waals surface area contributed by atoms with Crippen LogP contribution < -0.4 is 4.74 Å². The molecule has 3 heterocycles. The molecule has 72 heavy (non-hydrogen) atoms. The lowest BCUT2D eigenvalue weighted by Crippen LogP contribution is -2.36. The van der Waals surface area contributed by atoms with E-state index in [9.17, 15) is 0 Å². The molecule has 0 saturated carbocycles. The largest absolute Gasteiger partial charge is 0.457 e. The van der Waals surface area contributed by atoms with Gasteiger partial charge < -0.3 is 9.15 Å². The molecule has 12 aromatic rings. The third-order valence-electron chi connectivity index (χ3n) is 14.5. The smallest absolute Gasteiger partial charge is 0.167 e. The minimum absolute atomic E-state index is 0.152. The third kappa shape index (κ3) is 7.12. The van der Waals surface area contributed by atoms with Gasteiger partial charge in [-0.15, -0.1) is 0 Å². The first-order chi connectivity index (χ1) is 35.5. The highest BCUT2D eigenvalue weighted by molar-refractivity contribution is 6.10. The second-order valence-electron chi connectivity index (χ2n) is 18.7. The van der Waals surface area contributed by atoms with Crippen LogP contribution >= 0.6 is 0 Å². The molecule has 0 aliphatic carbocycles. The summed E-state index contributed by atoms with van der Waals surface area (Å²) >= 11 is 0. The maximum Gasteiger partial charge on any atom is 0.167 e. The predicted octanol–water partition coefficient (Wildman–Crippen LogP) is 17.1. The molecule has 1 atom stereocenters. The van der Waals surface area contributed by atoms with Gasteiger partial charge in [-0.25, -0.2) is 15.0 Å². The Kier molecular flexibility index (Phi) is 10.5. The van der Waals surface area contributed by atoms with Crippen LogP contribution in [-0.2, 0) is 5.41 Å². The number of ether oxygens (including phenoxy) is 1. The molecule has 1 aliphatic heterocycles. The lowest BCUT2D eigenvalue weighted by molar-refractivity contribution is 0.433. The molecular formula is C67H47N3O2. The third-order valence-corrected chi connectivity index (χ3v) is 14.5. The summed E-state index contributed by atoms with van der Waals surface area (Å²) in [6.45, 7) is 4.58. The molecule has 0 amide bonds. The summed E-state index contributed by atoms with van der Waals surface area (Å²) < 4.78 is 14.2. The van der Waals surface area contributed by atoms with Gasteiger partial charge in [0.05, 0.1) is 11.0 Å². The van der Waals surface area contributed by atoms with E-state index in [1.807, 2.05) is 60.7 Å². The van der Waals surface area contributed by atoms with Crippen molar-refractivity contribution in [3.05, 3.63) is 282 Å². The van der Waals surface area contributed by atoms with Crippen molar-refractivity contribution in [1.82, 2.24) is 15.0 Å². The van der Waals surface area contributed by atoms with Crippen LogP contribution in [0.2, 0.25) is 0 Å². The zero-order valence-electron chi connectivity index (χ0n) is 39.8. The van der Waals surface area contributed by atoms with Gasteiger partial charge >= 0.3 is 0 Å². The molecule has 5 nitrogen and oxygen atoms in total. The molecule has 1 aliphatic rings. The first-order valence-electron chi connectivity index (χ1n) is 24.6. The standard InChI is InChI=1S/C67H47N3O2/c1-43-37-38-49(45-21-7-3-8-22-45)41-58(43)67(56-33-15-17-35-60(56)71-61-36-18-16-34-57(61)67)59-42-50(46-23-9-4-10-24-46)39-40-51(59)44(2)52-29-19-30-53-54-31-20-32-55(63(54)72-62(52)53)66-69-64(47-25-11-5-12-26-47)68-65(70-66)48-27-13-6-14-28-48/h3-42,44H,1-2H3. The Balaban J connectivity index is 1.06. The second kappa shape index (κ2) is 17.6.